The molecule has 6 heteroatoms. The molecule has 218 valence electrons. The second-order valence-electron chi connectivity index (χ2n) is 12.0. The van der Waals surface area contributed by atoms with Crippen molar-refractivity contribution in [1.82, 2.24) is 9.80 Å². The molecule has 0 aliphatic carbocycles. The molecule has 0 radical (unpaired) electrons. The lowest BCUT2D eigenvalue weighted by molar-refractivity contribution is 0.249. The first-order valence-corrected chi connectivity index (χ1v) is 16.4. The summed E-state index contributed by atoms with van der Waals surface area (Å²) in [5, 5.41) is 0. The molecule has 0 amide bonds. The summed E-state index contributed by atoms with van der Waals surface area (Å²) in [4.78, 5) is 34.7. The van der Waals surface area contributed by atoms with Crippen LogP contribution < -0.4 is 20.7 Å². The van der Waals surface area contributed by atoms with E-state index in [2.05, 4.69) is 33.4 Å². The Balaban J connectivity index is 1.31. The van der Waals surface area contributed by atoms with Crippen molar-refractivity contribution < 1.29 is 0 Å². The lowest BCUT2D eigenvalue weighted by atomic mass is 10.1. The monoisotopic (exact) mass is 530 g/mol. The first kappa shape index (κ1) is 31.1. The van der Waals surface area contributed by atoms with E-state index in [1.165, 1.54) is 116 Å². The molecule has 0 bridgehead atoms. The van der Waals surface area contributed by atoms with Crippen LogP contribution in [0.25, 0.3) is 0 Å². The molecule has 0 saturated carbocycles. The summed E-state index contributed by atoms with van der Waals surface area (Å²) in [6.45, 7) is 14.4. The maximum atomic E-state index is 12.6. The van der Waals surface area contributed by atoms with Crippen molar-refractivity contribution in [1.29, 1.82) is 0 Å². The zero-order valence-electron chi connectivity index (χ0n) is 25.0. The van der Waals surface area contributed by atoms with E-state index in [4.69, 9.17) is 0 Å². The summed E-state index contributed by atoms with van der Waals surface area (Å²) in [5.41, 5.74) is 0.937. The minimum Gasteiger partial charge on any atom is -0.364 e. The van der Waals surface area contributed by atoms with Crippen molar-refractivity contribution in [3.63, 3.8) is 0 Å². The number of hydrogen-bond acceptors (Lipinski definition) is 6. The highest BCUT2D eigenvalue weighted by molar-refractivity contribution is 5.76. The predicted octanol–water partition coefficient (Wildman–Crippen LogP) is 5.81. The van der Waals surface area contributed by atoms with Gasteiger partial charge in [0.05, 0.1) is 0 Å². The zero-order chi connectivity index (χ0) is 27.0. The van der Waals surface area contributed by atoms with Crippen LogP contribution in [-0.2, 0) is 0 Å². The van der Waals surface area contributed by atoms with Gasteiger partial charge in [-0.15, -0.1) is 0 Å². The lowest BCUT2D eigenvalue weighted by Crippen LogP contribution is -2.55. The Morgan fingerprint density at radius 2 is 0.711 bits per heavy atom. The topological polar surface area (TPSA) is 47.1 Å². The maximum absolute atomic E-state index is 12.6. The molecule has 0 atom stereocenters. The molecule has 0 unspecified atom stereocenters. The van der Waals surface area contributed by atoms with E-state index in [1.807, 2.05) is 0 Å². The molecular formula is C32H58N4O2. The fourth-order valence-corrected chi connectivity index (χ4v) is 6.28. The minimum atomic E-state index is -0.252. The molecule has 2 fully saturated rings. The molecule has 2 heterocycles. The van der Waals surface area contributed by atoms with Gasteiger partial charge in [-0.2, -0.15) is 0 Å². The Labute approximate surface area is 233 Å². The zero-order valence-corrected chi connectivity index (χ0v) is 25.0. The van der Waals surface area contributed by atoms with E-state index in [0.29, 0.717) is 0 Å². The summed E-state index contributed by atoms with van der Waals surface area (Å²) in [7, 11) is 0. The van der Waals surface area contributed by atoms with Gasteiger partial charge in [0.2, 0.25) is 0 Å². The van der Waals surface area contributed by atoms with Gasteiger partial charge in [-0.1, -0.05) is 104 Å². The Bertz CT molecular complexity index is 750. The summed E-state index contributed by atoms with van der Waals surface area (Å²) < 4.78 is 0. The van der Waals surface area contributed by atoms with Gasteiger partial charge in [0.15, 0.2) is 0 Å². The van der Waals surface area contributed by atoms with Crippen LogP contribution in [0.2, 0.25) is 0 Å². The fraction of sp³-hybridized carbons (Fsp3) is 0.875. The van der Waals surface area contributed by atoms with Gasteiger partial charge in [0, 0.05) is 52.4 Å². The maximum Gasteiger partial charge on any atom is 0.253 e. The van der Waals surface area contributed by atoms with E-state index in [9.17, 15) is 9.59 Å². The van der Waals surface area contributed by atoms with Gasteiger partial charge in [0.25, 0.3) is 10.9 Å². The molecule has 2 saturated heterocycles. The van der Waals surface area contributed by atoms with E-state index in [0.717, 1.165) is 63.7 Å². The van der Waals surface area contributed by atoms with Crippen LogP contribution in [0.5, 0.6) is 0 Å². The molecule has 38 heavy (non-hydrogen) atoms. The van der Waals surface area contributed by atoms with Crippen LogP contribution in [0, 0.1) is 0 Å². The quantitative estimate of drug-likeness (QED) is 0.157. The van der Waals surface area contributed by atoms with Gasteiger partial charge in [-0.25, -0.2) is 0 Å². The van der Waals surface area contributed by atoms with Crippen LogP contribution in [0.15, 0.2) is 9.59 Å². The van der Waals surface area contributed by atoms with Gasteiger partial charge in [0.1, 0.15) is 11.4 Å². The molecule has 2 aliphatic heterocycles. The Morgan fingerprint density at radius 3 is 1.03 bits per heavy atom. The number of nitrogens with zero attached hydrogens (tertiary/aromatic N) is 4. The van der Waals surface area contributed by atoms with Crippen LogP contribution in [0.4, 0.5) is 11.4 Å². The molecule has 6 nitrogen and oxygen atoms in total. The van der Waals surface area contributed by atoms with E-state index in [1.54, 1.807) is 0 Å². The second-order valence-corrected chi connectivity index (χ2v) is 12.0. The highest BCUT2D eigenvalue weighted by atomic mass is 16.2. The molecule has 2 aliphatic rings. The normalized spacial score (nSPS) is 17.6. The third-order valence-corrected chi connectivity index (χ3v) is 8.89. The Kier molecular flexibility index (Phi) is 14.8. The first-order chi connectivity index (χ1) is 18.7. The number of anilines is 2. The summed E-state index contributed by atoms with van der Waals surface area (Å²) in [5.74, 6) is 0. The van der Waals surface area contributed by atoms with Crippen molar-refractivity contribution in [3.8, 4) is 0 Å². The van der Waals surface area contributed by atoms with Crippen molar-refractivity contribution >= 4 is 11.4 Å². The molecule has 3 rings (SSSR count). The highest BCUT2D eigenvalue weighted by Crippen LogP contribution is 2.26. The summed E-state index contributed by atoms with van der Waals surface area (Å²) in [6, 6.07) is 0. The Hall–Kier alpha value is -1.40. The van der Waals surface area contributed by atoms with Gasteiger partial charge in [-0.3, -0.25) is 19.4 Å². The lowest BCUT2D eigenvalue weighted by Gasteiger charge is -2.41. The molecule has 0 aromatic heterocycles. The average molecular weight is 531 g/mol. The van der Waals surface area contributed by atoms with Crippen LogP contribution in [-0.4, -0.2) is 75.2 Å². The van der Waals surface area contributed by atoms with Crippen molar-refractivity contribution in [2.75, 3.05) is 75.2 Å². The van der Waals surface area contributed by atoms with E-state index in [-0.39, 0.29) is 10.9 Å². The van der Waals surface area contributed by atoms with Crippen molar-refractivity contribution in [2.45, 2.75) is 117 Å². The highest BCUT2D eigenvalue weighted by Gasteiger charge is 2.32. The predicted molar refractivity (Wildman–Crippen MR) is 164 cm³/mol. The third kappa shape index (κ3) is 9.97. The largest absolute Gasteiger partial charge is 0.364 e. The van der Waals surface area contributed by atoms with E-state index >= 15 is 0 Å². The first-order valence-electron chi connectivity index (χ1n) is 16.4. The van der Waals surface area contributed by atoms with Gasteiger partial charge >= 0.3 is 0 Å². The molecule has 1 aromatic rings. The van der Waals surface area contributed by atoms with Gasteiger partial charge < -0.3 is 9.80 Å². The molecule has 0 N–H and O–H groups in total. The number of unbranched alkanes of at least 4 members (excludes halogenated alkanes) is 14. The third-order valence-electron chi connectivity index (χ3n) is 8.89. The fourth-order valence-electron chi connectivity index (χ4n) is 6.28. The van der Waals surface area contributed by atoms with Gasteiger partial charge in [-0.05, 0) is 25.9 Å². The molecule has 0 spiro atoms. The molecule has 1 aromatic carbocycles. The SMILES string of the molecule is CCCCCCCCCCN1CCN(c2c(N3CCN(CCCCCCCCCC)CC3)c(=O)c2=O)CC1. The van der Waals surface area contributed by atoms with Crippen LogP contribution >= 0.6 is 0 Å². The van der Waals surface area contributed by atoms with E-state index < -0.39 is 0 Å². The summed E-state index contributed by atoms with van der Waals surface area (Å²) >= 11 is 0. The van der Waals surface area contributed by atoms with Crippen molar-refractivity contribution in [3.05, 3.63) is 20.4 Å². The Morgan fingerprint density at radius 1 is 0.421 bits per heavy atom. The van der Waals surface area contributed by atoms with Crippen molar-refractivity contribution in [2.24, 2.45) is 0 Å². The number of rotatable bonds is 20. The van der Waals surface area contributed by atoms with Crippen LogP contribution in [0.1, 0.15) is 117 Å². The number of piperazine rings is 2. The smallest absolute Gasteiger partial charge is 0.253 e. The second kappa shape index (κ2) is 18.0. The number of hydrogen-bond donors (Lipinski definition) is 0. The summed E-state index contributed by atoms with van der Waals surface area (Å²) in [6.07, 6.45) is 21.7. The average Bonchev–Trinajstić information content (AvgIpc) is 2.95. The molecular weight excluding hydrogens is 472 g/mol. The van der Waals surface area contributed by atoms with Crippen LogP contribution in [0.3, 0.4) is 0 Å². The minimum absolute atomic E-state index is 0.252. The standard InChI is InChI=1S/C32H58N4O2/c1-3-5-7-9-11-13-15-17-19-33-21-25-35(26-22-33)29-30(32(38)31(29)37)36-27-23-34(24-28-36)20-18-16-14-12-10-8-6-4-2/h3-28H2,1-2H3.